The summed E-state index contributed by atoms with van der Waals surface area (Å²) in [7, 11) is 0. The first-order valence-electron chi connectivity index (χ1n) is 6.46. The average molecular weight is 286 g/mol. The van der Waals surface area contributed by atoms with Crippen LogP contribution in [-0.2, 0) is 0 Å². The molecule has 0 bridgehead atoms. The second-order valence-corrected chi connectivity index (χ2v) is 6.05. The molecule has 0 fully saturated rings. The highest BCUT2D eigenvalue weighted by Crippen LogP contribution is 2.44. The summed E-state index contributed by atoms with van der Waals surface area (Å²) in [4.78, 5) is 13.8. The molecule has 4 heteroatoms. The summed E-state index contributed by atoms with van der Waals surface area (Å²) in [5.41, 5.74) is 1.50. The largest absolute Gasteiger partial charge is 0.488 e. The Balaban J connectivity index is 1.86. The van der Waals surface area contributed by atoms with Crippen LogP contribution in [0.15, 0.2) is 47.4 Å². The van der Waals surface area contributed by atoms with Gasteiger partial charge in [0.05, 0.1) is 11.5 Å². The number of rotatable bonds is 0. The Kier molecular flexibility index (Phi) is 2.60. The van der Waals surface area contributed by atoms with E-state index in [9.17, 15) is 9.18 Å². The monoisotopic (exact) mass is 286 g/mol. The van der Waals surface area contributed by atoms with Crippen LogP contribution in [0.1, 0.15) is 21.8 Å². The Morgan fingerprint density at radius 3 is 2.95 bits per heavy atom. The van der Waals surface area contributed by atoms with Gasteiger partial charge in [-0.25, -0.2) is 4.39 Å². The molecular formula is C16H11FO2S. The number of carbonyl (C=O) groups is 1. The van der Waals surface area contributed by atoms with Gasteiger partial charge in [0.1, 0.15) is 17.7 Å². The lowest BCUT2D eigenvalue weighted by atomic mass is 9.84. The lowest BCUT2D eigenvalue weighted by molar-refractivity contribution is 0.0809. The van der Waals surface area contributed by atoms with Crippen LogP contribution in [0.3, 0.4) is 0 Å². The highest BCUT2D eigenvalue weighted by Gasteiger charge is 2.41. The highest BCUT2D eigenvalue weighted by molar-refractivity contribution is 7.99. The first-order valence-corrected chi connectivity index (χ1v) is 7.45. The lowest BCUT2D eigenvalue weighted by Gasteiger charge is -2.36. The van der Waals surface area contributed by atoms with E-state index in [1.165, 1.54) is 18.2 Å². The zero-order valence-corrected chi connectivity index (χ0v) is 11.3. The third-order valence-electron chi connectivity index (χ3n) is 3.80. The molecule has 0 N–H and O–H groups in total. The van der Waals surface area contributed by atoms with Gasteiger partial charge in [-0.2, -0.15) is 0 Å². The number of Topliss-reactive ketones (excluding diaryl/α,β-unsaturated/α-hetero) is 1. The average Bonchev–Trinajstić information content (AvgIpc) is 2.46. The van der Waals surface area contributed by atoms with E-state index in [4.69, 9.17) is 4.74 Å². The van der Waals surface area contributed by atoms with Gasteiger partial charge in [0.15, 0.2) is 5.78 Å². The molecule has 2 heterocycles. The van der Waals surface area contributed by atoms with E-state index in [1.807, 2.05) is 24.3 Å². The number of ether oxygens (including phenoxy) is 1. The number of ketones is 1. The van der Waals surface area contributed by atoms with Gasteiger partial charge in [-0.1, -0.05) is 18.2 Å². The van der Waals surface area contributed by atoms with Crippen molar-refractivity contribution in [3.63, 3.8) is 0 Å². The van der Waals surface area contributed by atoms with E-state index in [0.29, 0.717) is 17.1 Å². The summed E-state index contributed by atoms with van der Waals surface area (Å²) in [6.07, 6.45) is -0.211. The van der Waals surface area contributed by atoms with Gasteiger partial charge in [-0.05, 0) is 23.8 Å². The number of hydrogen-bond donors (Lipinski definition) is 0. The van der Waals surface area contributed by atoms with Crippen molar-refractivity contribution in [2.24, 2.45) is 0 Å². The summed E-state index contributed by atoms with van der Waals surface area (Å²) in [6, 6.07) is 12.1. The second-order valence-electron chi connectivity index (χ2n) is 4.99. The molecule has 0 amide bonds. The van der Waals surface area contributed by atoms with E-state index in [1.54, 1.807) is 11.8 Å². The van der Waals surface area contributed by atoms with Crippen molar-refractivity contribution in [3.05, 3.63) is 59.4 Å². The van der Waals surface area contributed by atoms with Crippen LogP contribution < -0.4 is 4.74 Å². The molecule has 0 aliphatic carbocycles. The predicted octanol–water partition coefficient (Wildman–Crippen LogP) is 3.66. The fourth-order valence-corrected chi connectivity index (χ4v) is 4.02. The van der Waals surface area contributed by atoms with Gasteiger partial charge in [-0.15, -0.1) is 11.8 Å². The Labute approximate surface area is 120 Å². The summed E-state index contributed by atoms with van der Waals surface area (Å²) in [5.74, 6) is 0.466. The van der Waals surface area contributed by atoms with Crippen LogP contribution >= 0.6 is 11.8 Å². The molecule has 20 heavy (non-hydrogen) atoms. The van der Waals surface area contributed by atoms with Crippen LogP contribution in [0.25, 0.3) is 0 Å². The van der Waals surface area contributed by atoms with Gasteiger partial charge >= 0.3 is 0 Å². The molecule has 2 aromatic rings. The topological polar surface area (TPSA) is 26.3 Å². The fourth-order valence-electron chi connectivity index (χ4n) is 2.88. The van der Waals surface area contributed by atoms with E-state index in [-0.39, 0.29) is 23.6 Å². The molecular weight excluding hydrogens is 275 g/mol. The molecule has 2 aliphatic rings. The van der Waals surface area contributed by atoms with Crippen molar-refractivity contribution >= 4 is 17.5 Å². The first-order chi connectivity index (χ1) is 9.74. The molecule has 0 saturated heterocycles. The summed E-state index contributed by atoms with van der Waals surface area (Å²) in [6.45, 7) is 0. The molecule has 0 unspecified atom stereocenters. The minimum atomic E-state index is -0.376. The molecule has 4 rings (SSSR count). The Morgan fingerprint density at radius 2 is 2.05 bits per heavy atom. The van der Waals surface area contributed by atoms with Crippen LogP contribution in [-0.4, -0.2) is 17.6 Å². The second kappa shape index (κ2) is 4.35. The standard InChI is InChI=1S/C16H11FO2S/c17-9-5-6-10-12(7-9)19-13-8-20-14-4-2-1-3-11(14)15(13)16(10)18/h1-7,13,15H,8H2/t13-,15+/m1/s1. The molecule has 0 saturated carbocycles. The summed E-state index contributed by atoms with van der Waals surface area (Å²) in [5, 5.41) is 0. The van der Waals surface area contributed by atoms with Crippen LogP contribution in [0.4, 0.5) is 4.39 Å². The van der Waals surface area contributed by atoms with Crippen molar-refractivity contribution < 1.29 is 13.9 Å². The highest BCUT2D eigenvalue weighted by atomic mass is 32.2. The predicted molar refractivity (Wildman–Crippen MR) is 75.1 cm³/mol. The first kappa shape index (κ1) is 12.0. The van der Waals surface area contributed by atoms with Crippen LogP contribution in [0, 0.1) is 5.82 Å². The van der Waals surface area contributed by atoms with E-state index in [2.05, 4.69) is 0 Å². The normalized spacial score (nSPS) is 23.4. The van der Waals surface area contributed by atoms with Crippen molar-refractivity contribution in [3.8, 4) is 5.75 Å². The summed E-state index contributed by atoms with van der Waals surface area (Å²) >= 11 is 1.68. The van der Waals surface area contributed by atoms with E-state index >= 15 is 0 Å². The maximum atomic E-state index is 13.3. The van der Waals surface area contributed by atoms with E-state index in [0.717, 1.165) is 10.5 Å². The van der Waals surface area contributed by atoms with Crippen LogP contribution in [0.2, 0.25) is 0 Å². The quantitative estimate of drug-likeness (QED) is 0.739. The number of hydrogen-bond acceptors (Lipinski definition) is 3. The lowest BCUT2D eigenvalue weighted by Crippen LogP contribution is -2.40. The minimum absolute atomic E-state index is 0.0315. The van der Waals surface area contributed by atoms with Crippen molar-refractivity contribution in [2.45, 2.75) is 16.9 Å². The number of benzene rings is 2. The Bertz CT molecular complexity index is 713. The Hall–Kier alpha value is -1.81. The van der Waals surface area contributed by atoms with Crippen molar-refractivity contribution in [1.29, 1.82) is 0 Å². The third-order valence-corrected chi connectivity index (χ3v) is 4.98. The fraction of sp³-hybridized carbons (Fsp3) is 0.188. The zero-order valence-electron chi connectivity index (χ0n) is 10.5. The third kappa shape index (κ3) is 1.68. The molecule has 100 valence electrons. The van der Waals surface area contributed by atoms with Crippen molar-refractivity contribution in [2.75, 3.05) is 5.75 Å². The summed E-state index contributed by atoms with van der Waals surface area (Å²) < 4.78 is 19.2. The molecule has 2 nitrogen and oxygen atoms in total. The number of halogens is 1. The van der Waals surface area contributed by atoms with Gasteiger partial charge in [0, 0.05) is 16.7 Å². The molecule has 0 radical (unpaired) electrons. The molecule has 2 aliphatic heterocycles. The zero-order chi connectivity index (χ0) is 13.7. The van der Waals surface area contributed by atoms with Gasteiger partial charge in [-0.3, -0.25) is 4.79 Å². The van der Waals surface area contributed by atoms with E-state index < -0.39 is 0 Å². The SMILES string of the molecule is O=C1c2ccc(F)cc2O[C@@H]2CSc3ccccc3[C@H]12. The molecule has 0 aromatic heterocycles. The molecule has 2 aromatic carbocycles. The van der Waals surface area contributed by atoms with Gasteiger partial charge in [0.2, 0.25) is 0 Å². The smallest absolute Gasteiger partial charge is 0.177 e. The number of fused-ring (bicyclic) bond motifs is 4. The van der Waals surface area contributed by atoms with Gasteiger partial charge < -0.3 is 4.74 Å². The molecule has 0 spiro atoms. The number of thioether (sulfide) groups is 1. The Morgan fingerprint density at radius 1 is 1.20 bits per heavy atom. The maximum Gasteiger partial charge on any atom is 0.177 e. The minimum Gasteiger partial charge on any atom is -0.488 e. The van der Waals surface area contributed by atoms with Crippen LogP contribution in [0.5, 0.6) is 5.75 Å². The van der Waals surface area contributed by atoms with Gasteiger partial charge in [0.25, 0.3) is 0 Å². The molecule has 2 atom stereocenters. The number of carbonyl (C=O) groups excluding carboxylic acids is 1. The maximum absolute atomic E-state index is 13.3. The van der Waals surface area contributed by atoms with Crippen molar-refractivity contribution in [1.82, 2.24) is 0 Å².